The van der Waals surface area contributed by atoms with E-state index in [-0.39, 0.29) is 11.9 Å². The van der Waals surface area contributed by atoms with E-state index in [0.29, 0.717) is 0 Å². The van der Waals surface area contributed by atoms with Gasteiger partial charge in [0.15, 0.2) is 0 Å². The molecule has 0 spiro atoms. The average Bonchev–Trinajstić information content (AvgIpc) is 2.36. The van der Waals surface area contributed by atoms with Crippen molar-refractivity contribution in [2.75, 3.05) is 26.2 Å². The van der Waals surface area contributed by atoms with Crippen LogP contribution in [0.5, 0.6) is 0 Å². The first-order valence-electron chi connectivity index (χ1n) is 6.12. The van der Waals surface area contributed by atoms with Crippen molar-refractivity contribution >= 4 is 15.9 Å². The second-order valence-corrected chi connectivity index (χ2v) is 5.29. The number of piperazine rings is 1. The van der Waals surface area contributed by atoms with E-state index in [9.17, 15) is 4.39 Å². The summed E-state index contributed by atoms with van der Waals surface area (Å²) < 4.78 is 14.8. The van der Waals surface area contributed by atoms with Crippen LogP contribution in [0.15, 0.2) is 22.7 Å². The molecule has 2 rings (SSSR count). The summed E-state index contributed by atoms with van der Waals surface area (Å²) in [6, 6.07) is 5.40. The molecule has 1 fully saturated rings. The molecule has 0 unspecified atom stereocenters. The zero-order valence-electron chi connectivity index (χ0n) is 10.0. The summed E-state index contributed by atoms with van der Waals surface area (Å²) in [5, 5.41) is 3.33. The molecular weight excluding hydrogens is 283 g/mol. The number of benzene rings is 1. The first-order chi connectivity index (χ1) is 8.22. The Morgan fingerprint density at radius 3 is 2.76 bits per heavy atom. The quantitative estimate of drug-likeness (QED) is 0.923. The molecule has 1 heterocycles. The zero-order valence-corrected chi connectivity index (χ0v) is 11.6. The van der Waals surface area contributed by atoms with Crippen molar-refractivity contribution in [2.45, 2.75) is 19.4 Å². The molecule has 1 aliphatic rings. The van der Waals surface area contributed by atoms with Crippen LogP contribution in [0.1, 0.15) is 24.9 Å². The number of halogens is 2. The predicted molar refractivity (Wildman–Crippen MR) is 71.6 cm³/mol. The second kappa shape index (κ2) is 5.94. The highest BCUT2D eigenvalue weighted by atomic mass is 79.9. The van der Waals surface area contributed by atoms with Crippen LogP contribution in [0.3, 0.4) is 0 Å². The molecule has 0 saturated carbocycles. The van der Waals surface area contributed by atoms with Gasteiger partial charge in [0.2, 0.25) is 0 Å². The number of rotatable bonds is 3. The summed E-state index contributed by atoms with van der Waals surface area (Å²) >= 11 is 3.42. The van der Waals surface area contributed by atoms with Gasteiger partial charge < -0.3 is 5.32 Å². The van der Waals surface area contributed by atoms with Gasteiger partial charge in [-0.1, -0.05) is 22.9 Å². The Morgan fingerprint density at radius 2 is 2.12 bits per heavy atom. The van der Waals surface area contributed by atoms with Crippen molar-refractivity contribution in [1.29, 1.82) is 0 Å². The topological polar surface area (TPSA) is 15.3 Å². The van der Waals surface area contributed by atoms with Crippen LogP contribution in [0.2, 0.25) is 0 Å². The first-order valence-corrected chi connectivity index (χ1v) is 6.91. The fourth-order valence-electron chi connectivity index (χ4n) is 2.44. The summed E-state index contributed by atoms with van der Waals surface area (Å²) in [6.45, 7) is 6.08. The third kappa shape index (κ3) is 3.06. The summed E-state index contributed by atoms with van der Waals surface area (Å²) in [6.07, 6.45) is 0.938. The Labute approximate surface area is 110 Å². The van der Waals surface area contributed by atoms with E-state index in [1.54, 1.807) is 12.1 Å². The minimum atomic E-state index is -0.0985. The molecule has 2 nitrogen and oxygen atoms in total. The molecule has 1 N–H and O–H groups in total. The maximum absolute atomic E-state index is 13.9. The van der Waals surface area contributed by atoms with Crippen LogP contribution >= 0.6 is 15.9 Å². The molecule has 1 atom stereocenters. The van der Waals surface area contributed by atoms with Gasteiger partial charge in [0.1, 0.15) is 5.82 Å². The van der Waals surface area contributed by atoms with E-state index in [0.717, 1.165) is 42.6 Å². The van der Waals surface area contributed by atoms with E-state index >= 15 is 0 Å². The molecule has 17 heavy (non-hydrogen) atoms. The molecule has 1 aromatic rings. The van der Waals surface area contributed by atoms with E-state index in [1.165, 1.54) is 0 Å². The van der Waals surface area contributed by atoms with E-state index in [1.807, 2.05) is 6.07 Å². The summed E-state index contributed by atoms with van der Waals surface area (Å²) in [5.41, 5.74) is 0.809. The number of hydrogen-bond acceptors (Lipinski definition) is 2. The molecule has 4 heteroatoms. The van der Waals surface area contributed by atoms with Crippen molar-refractivity contribution in [3.8, 4) is 0 Å². The second-order valence-electron chi connectivity index (χ2n) is 4.38. The van der Waals surface area contributed by atoms with Crippen LogP contribution in [-0.4, -0.2) is 31.1 Å². The minimum absolute atomic E-state index is 0.0985. The normalized spacial score (nSPS) is 19.2. The monoisotopic (exact) mass is 300 g/mol. The van der Waals surface area contributed by atoms with E-state index < -0.39 is 0 Å². The average molecular weight is 301 g/mol. The smallest absolute Gasteiger partial charge is 0.128 e. The van der Waals surface area contributed by atoms with Crippen LogP contribution in [-0.2, 0) is 0 Å². The molecule has 94 valence electrons. The van der Waals surface area contributed by atoms with Crippen molar-refractivity contribution in [3.05, 3.63) is 34.1 Å². The molecule has 1 saturated heterocycles. The molecular formula is C13H18BrFN2. The highest BCUT2D eigenvalue weighted by Crippen LogP contribution is 2.28. The summed E-state index contributed by atoms with van der Waals surface area (Å²) in [7, 11) is 0. The van der Waals surface area contributed by atoms with E-state index in [2.05, 4.69) is 33.1 Å². The van der Waals surface area contributed by atoms with Gasteiger partial charge in [-0.2, -0.15) is 0 Å². The number of nitrogens with one attached hydrogen (secondary N) is 1. The van der Waals surface area contributed by atoms with Crippen molar-refractivity contribution < 1.29 is 4.39 Å². The van der Waals surface area contributed by atoms with Gasteiger partial charge in [0.25, 0.3) is 0 Å². The van der Waals surface area contributed by atoms with Gasteiger partial charge in [-0.05, 0) is 24.6 Å². The highest BCUT2D eigenvalue weighted by molar-refractivity contribution is 9.10. The predicted octanol–water partition coefficient (Wildman–Crippen LogP) is 2.94. The lowest BCUT2D eigenvalue weighted by atomic mass is 10.0. The fourth-order valence-corrected chi connectivity index (χ4v) is 2.82. The molecule has 0 amide bonds. The molecule has 1 aromatic carbocycles. The first kappa shape index (κ1) is 13.0. The molecule has 0 radical (unpaired) electrons. The highest BCUT2D eigenvalue weighted by Gasteiger charge is 2.23. The molecule has 1 aliphatic heterocycles. The molecule has 0 bridgehead atoms. The van der Waals surface area contributed by atoms with Crippen LogP contribution in [0, 0.1) is 5.82 Å². The van der Waals surface area contributed by atoms with E-state index in [4.69, 9.17) is 0 Å². The van der Waals surface area contributed by atoms with Gasteiger partial charge >= 0.3 is 0 Å². The van der Waals surface area contributed by atoms with Gasteiger partial charge in [0.05, 0.1) is 0 Å². The van der Waals surface area contributed by atoms with Crippen LogP contribution in [0.25, 0.3) is 0 Å². The van der Waals surface area contributed by atoms with Gasteiger partial charge in [-0.15, -0.1) is 0 Å². The summed E-state index contributed by atoms with van der Waals surface area (Å²) in [4.78, 5) is 2.36. The van der Waals surface area contributed by atoms with Crippen molar-refractivity contribution in [1.82, 2.24) is 10.2 Å². The standard InChI is InChI=1S/C13H18BrFN2/c1-2-13(17-7-5-16-6-8-17)11-9-10(14)3-4-12(11)15/h3-4,9,13,16H,2,5-8H2,1H3/t13-/m0/s1. The fraction of sp³-hybridized carbons (Fsp3) is 0.538. The summed E-state index contributed by atoms with van der Waals surface area (Å²) in [5.74, 6) is -0.0985. The van der Waals surface area contributed by atoms with Gasteiger partial charge in [-0.25, -0.2) is 4.39 Å². The third-order valence-corrected chi connectivity index (χ3v) is 3.79. The third-order valence-electron chi connectivity index (χ3n) is 3.30. The minimum Gasteiger partial charge on any atom is -0.314 e. The largest absolute Gasteiger partial charge is 0.314 e. The van der Waals surface area contributed by atoms with Crippen molar-refractivity contribution in [2.24, 2.45) is 0 Å². The Morgan fingerprint density at radius 1 is 1.41 bits per heavy atom. The lowest BCUT2D eigenvalue weighted by Crippen LogP contribution is -2.45. The van der Waals surface area contributed by atoms with Gasteiger partial charge in [0, 0.05) is 42.3 Å². The SMILES string of the molecule is CC[C@@H](c1cc(Br)ccc1F)N1CCNCC1. The maximum Gasteiger partial charge on any atom is 0.128 e. The maximum atomic E-state index is 13.9. The number of nitrogens with zero attached hydrogens (tertiary/aromatic N) is 1. The Bertz CT molecular complexity index is 378. The van der Waals surface area contributed by atoms with Crippen LogP contribution in [0.4, 0.5) is 4.39 Å². The van der Waals surface area contributed by atoms with Crippen molar-refractivity contribution in [3.63, 3.8) is 0 Å². The molecule has 0 aromatic heterocycles. The Balaban J connectivity index is 2.24. The Kier molecular flexibility index (Phi) is 4.54. The lowest BCUT2D eigenvalue weighted by Gasteiger charge is -2.34. The van der Waals surface area contributed by atoms with Gasteiger partial charge in [-0.3, -0.25) is 4.90 Å². The van der Waals surface area contributed by atoms with Crippen LogP contribution < -0.4 is 5.32 Å². The zero-order chi connectivity index (χ0) is 12.3. The lowest BCUT2D eigenvalue weighted by molar-refractivity contribution is 0.166. The number of hydrogen-bond donors (Lipinski definition) is 1. The molecule has 0 aliphatic carbocycles. The Hall–Kier alpha value is -0.450.